The van der Waals surface area contributed by atoms with Gasteiger partial charge in [0.2, 0.25) is 0 Å². The topological polar surface area (TPSA) is 107 Å². The number of esters is 1. The van der Waals surface area contributed by atoms with Gasteiger partial charge in [-0.2, -0.15) is 4.98 Å². The fourth-order valence-electron chi connectivity index (χ4n) is 4.71. The smallest absolute Gasteiger partial charge is 0.306 e. The van der Waals surface area contributed by atoms with Crippen molar-refractivity contribution in [2.75, 3.05) is 6.61 Å². The SMILES string of the molecule is CCCCCCCC/C=C/CCCCCCCC(=O)O[C@H]1[C@@H]2Oc3nc(=N)ccn3[C@@H]2O[C@@H]1CO. The summed E-state index contributed by atoms with van der Waals surface area (Å²) in [5.74, 6) is -0.297. The molecular weight excluding hydrogens is 446 g/mol. The highest BCUT2D eigenvalue weighted by Crippen LogP contribution is 2.40. The summed E-state index contributed by atoms with van der Waals surface area (Å²) in [4.78, 5) is 16.5. The Kier molecular flexibility index (Phi) is 11.8. The summed E-state index contributed by atoms with van der Waals surface area (Å²) in [6.07, 6.45) is 20.0. The van der Waals surface area contributed by atoms with E-state index in [1.165, 1.54) is 57.8 Å². The van der Waals surface area contributed by atoms with Crippen molar-refractivity contribution < 1.29 is 24.1 Å². The average Bonchev–Trinajstić information content (AvgIpc) is 3.36. The third-order valence-electron chi connectivity index (χ3n) is 6.72. The molecule has 2 aliphatic heterocycles. The van der Waals surface area contributed by atoms with Gasteiger partial charge in [-0.3, -0.25) is 14.8 Å². The molecule has 35 heavy (non-hydrogen) atoms. The lowest BCUT2D eigenvalue weighted by Gasteiger charge is -2.20. The van der Waals surface area contributed by atoms with Gasteiger partial charge in [-0.1, -0.05) is 70.4 Å². The second-order valence-electron chi connectivity index (χ2n) is 9.62. The molecular formula is C27H43N3O5. The minimum Gasteiger partial charge on any atom is -0.455 e. The molecule has 4 atom stereocenters. The summed E-state index contributed by atoms with van der Waals surface area (Å²) < 4.78 is 19.0. The number of nitrogens with one attached hydrogen (secondary N) is 1. The van der Waals surface area contributed by atoms with E-state index in [0.29, 0.717) is 6.42 Å². The second kappa shape index (κ2) is 15.0. The fourth-order valence-corrected chi connectivity index (χ4v) is 4.71. The van der Waals surface area contributed by atoms with Crippen LogP contribution >= 0.6 is 0 Å². The third kappa shape index (κ3) is 8.46. The Hall–Kier alpha value is -2.19. The van der Waals surface area contributed by atoms with Crippen molar-refractivity contribution in [3.8, 4) is 6.01 Å². The quantitative estimate of drug-likeness (QED) is 0.182. The number of rotatable bonds is 17. The number of aliphatic hydroxyl groups excluding tert-OH is 1. The number of aromatic nitrogens is 2. The molecule has 0 aromatic carbocycles. The minimum atomic E-state index is -0.698. The Morgan fingerprint density at radius 3 is 2.43 bits per heavy atom. The number of allylic oxidation sites excluding steroid dienone is 2. The molecule has 2 aliphatic rings. The summed E-state index contributed by atoms with van der Waals surface area (Å²) in [5.41, 5.74) is 0.0904. The summed E-state index contributed by atoms with van der Waals surface area (Å²) >= 11 is 0. The first-order valence-corrected chi connectivity index (χ1v) is 13.5. The van der Waals surface area contributed by atoms with Gasteiger partial charge in [-0.05, 0) is 38.2 Å². The third-order valence-corrected chi connectivity index (χ3v) is 6.72. The molecule has 1 aromatic rings. The van der Waals surface area contributed by atoms with E-state index in [-0.39, 0.29) is 24.1 Å². The molecule has 0 unspecified atom stereocenters. The number of hydrogen-bond donors (Lipinski definition) is 2. The summed E-state index contributed by atoms with van der Waals surface area (Å²) in [6.45, 7) is 1.99. The largest absolute Gasteiger partial charge is 0.455 e. The standard InChI is InChI=1S/C27H43N3O5/c1-2-3-4-5-6-7-8-9-10-11-12-13-14-15-16-17-23(32)34-24-21(20-31)33-26-25(24)35-27-29-22(28)18-19-30(26)27/h9-10,18-19,21,24-26,28,31H,2-8,11-17,20H2,1H3/b10-9+,28-22?/t21-,24-,25+,26-/m1/s1. The molecule has 8 heteroatoms. The zero-order valence-electron chi connectivity index (χ0n) is 21.2. The van der Waals surface area contributed by atoms with Crippen molar-refractivity contribution in [2.24, 2.45) is 0 Å². The van der Waals surface area contributed by atoms with E-state index >= 15 is 0 Å². The Morgan fingerprint density at radius 1 is 1.09 bits per heavy atom. The van der Waals surface area contributed by atoms with Crippen LogP contribution in [0.2, 0.25) is 0 Å². The number of aliphatic hydroxyl groups is 1. The number of unbranched alkanes of at least 4 members (excludes halogenated alkanes) is 11. The Bertz CT molecular complexity index is 855. The number of nitrogens with zero attached hydrogens (tertiary/aromatic N) is 2. The lowest BCUT2D eigenvalue weighted by atomic mass is 10.1. The number of ether oxygens (including phenoxy) is 3. The van der Waals surface area contributed by atoms with Gasteiger partial charge in [0.15, 0.2) is 23.9 Å². The summed E-state index contributed by atoms with van der Waals surface area (Å²) in [6, 6.07) is 1.81. The molecule has 1 aromatic heterocycles. The maximum Gasteiger partial charge on any atom is 0.306 e. The van der Waals surface area contributed by atoms with E-state index < -0.39 is 24.5 Å². The van der Waals surface area contributed by atoms with E-state index in [1.807, 2.05) is 0 Å². The Morgan fingerprint density at radius 2 is 1.74 bits per heavy atom. The lowest BCUT2D eigenvalue weighted by Crippen LogP contribution is -2.39. The molecule has 1 fully saturated rings. The average molecular weight is 490 g/mol. The first-order chi connectivity index (χ1) is 17.1. The van der Waals surface area contributed by atoms with Crippen LogP contribution in [0.25, 0.3) is 0 Å². The van der Waals surface area contributed by atoms with Gasteiger partial charge in [-0.15, -0.1) is 0 Å². The number of fused-ring (bicyclic) bond motifs is 3. The molecule has 0 amide bonds. The Labute approximate surface area is 209 Å². The molecule has 0 bridgehead atoms. The van der Waals surface area contributed by atoms with Crippen LogP contribution in [0.15, 0.2) is 24.4 Å². The Balaban J connectivity index is 1.23. The van der Waals surface area contributed by atoms with Crippen LogP contribution in [0.5, 0.6) is 6.01 Å². The van der Waals surface area contributed by atoms with Gasteiger partial charge < -0.3 is 19.3 Å². The first-order valence-electron chi connectivity index (χ1n) is 13.5. The van der Waals surface area contributed by atoms with Crippen LogP contribution in [0.1, 0.15) is 103 Å². The predicted octanol–water partition coefficient (Wildman–Crippen LogP) is 4.96. The summed E-state index contributed by atoms with van der Waals surface area (Å²) in [7, 11) is 0. The van der Waals surface area contributed by atoms with Crippen LogP contribution in [-0.2, 0) is 14.3 Å². The minimum absolute atomic E-state index is 0.0904. The van der Waals surface area contributed by atoms with Crippen molar-refractivity contribution in [2.45, 2.75) is 121 Å². The van der Waals surface area contributed by atoms with E-state index in [2.05, 4.69) is 24.1 Å². The molecule has 8 nitrogen and oxygen atoms in total. The maximum atomic E-state index is 12.4. The number of carbonyl (C=O) groups is 1. The van der Waals surface area contributed by atoms with E-state index in [0.717, 1.165) is 25.7 Å². The maximum absolute atomic E-state index is 12.4. The van der Waals surface area contributed by atoms with Crippen LogP contribution in [0, 0.1) is 5.41 Å². The molecule has 3 heterocycles. The second-order valence-corrected chi connectivity index (χ2v) is 9.62. The number of carbonyl (C=O) groups excluding carboxylic acids is 1. The van der Waals surface area contributed by atoms with Crippen LogP contribution < -0.4 is 10.2 Å². The van der Waals surface area contributed by atoms with Gasteiger partial charge in [0.05, 0.1) is 6.61 Å². The molecule has 0 aliphatic carbocycles. The molecule has 0 spiro atoms. The van der Waals surface area contributed by atoms with E-state index in [1.54, 1.807) is 16.8 Å². The van der Waals surface area contributed by atoms with Crippen molar-refractivity contribution >= 4 is 5.97 Å². The zero-order chi connectivity index (χ0) is 24.9. The fraction of sp³-hybridized carbons (Fsp3) is 0.741. The molecule has 2 N–H and O–H groups in total. The van der Waals surface area contributed by atoms with Gasteiger partial charge in [0.1, 0.15) is 6.10 Å². The van der Waals surface area contributed by atoms with Crippen molar-refractivity contribution in [3.05, 3.63) is 29.9 Å². The van der Waals surface area contributed by atoms with Crippen LogP contribution in [0.3, 0.4) is 0 Å². The normalized spacial score (nSPS) is 22.8. The molecule has 196 valence electrons. The van der Waals surface area contributed by atoms with Crippen molar-refractivity contribution in [3.63, 3.8) is 0 Å². The summed E-state index contributed by atoms with van der Waals surface area (Å²) in [5, 5.41) is 17.3. The lowest BCUT2D eigenvalue weighted by molar-refractivity contribution is -0.156. The van der Waals surface area contributed by atoms with Gasteiger partial charge in [-0.25, -0.2) is 0 Å². The zero-order valence-corrected chi connectivity index (χ0v) is 21.2. The van der Waals surface area contributed by atoms with Gasteiger partial charge >= 0.3 is 12.0 Å². The highest BCUT2D eigenvalue weighted by Gasteiger charge is 2.53. The molecule has 3 rings (SSSR count). The molecule has 0 radical (unpaired) electrons. The van der Waals surface area contributed by atoms with Gasteiger partial charge in [0.25, 0.3) is 0 Å². The van der Waals surface area contributed by atoms with E-state index in [9.17, 15) is 9.90 Å². The monoisotopic (exact) mass is 489 g/mol. The highest BCUT2D eigenvalue weighted by molar-refractivity contribution is 5.69. The van der Waals surface area contributed by atoms with E-state index in [4.69, 9.17) is 19.6 Å². The molecule has 1 saturated heterocycles. The number of hydrogen-bond acceptors (Lipinski definition) is 7. The molecule has 0 saturated carbocycles. The van der Waals surface area contributed by atoms with Crippen molar-refractivity contribution in [1.82, 2.24) is 9.55 Å². The van der Waals surface area contributed by atoms with Crippen molar-refractivity contribution in [1.29, 1.82) is 5.41 Å². The first kappa shape index (κ1) is 27.4. The van der Waals surface area contributed by atoms with Gasteiger partial charge in [0, 0.05) is 12.6 Å². The van der Waals surface area contributed by atoms with Crippen LogP contribution in [-0.4, -0.2) is 45.5 Å². The highest BCUT2D eigenvalue weighted by atomic mass is 16.7. The van der Waals surface area contributed by atoms with Crippen LogP contribution in [0.4, 0.5) is 0 Å². The predicted molar refractivity (Wildman–Crippen MR) is 133 cm³/mol.